The number of nitrogens with two attached hydrogens (primary N) is 1. The van der Waals surface area contributed by atoms with Crippen LogP contribution in [0.5, 0.6) is 5.75 Å². The van der Waals surface area contributed by atoms with Gasteiger partial charge in [-0.25, -0.2) is 17.9 Å². The van der Waals surface area contributed by atoms with E-state index in [1.807, 2.05) is 6.92 Å². The maximum absolute atomic E-state index is 13.1. The van der Waals surface area contributed by atoms with Crippen LogP contribution in [0.25, 0.3) is 0 Å². The Balaban J connectivity index is 2.52. The summed E-state index contributed by atoms with van der Waals surface area (Å²) in [6.45, 7) is 1.94. The topological polar surface area (TPSA) is 113 Å². The number of rotatable bonds is 8. The molecular weight excluding hydrogens is 303 g/mol. The summed E-state index contributed by atoms with van der Waals surface area (Å²) in [5.74, 6) is -0.888. The molecule has 1 aromatic carbocycles. The molecule has 0 fully saturated rings. The van der Waals surface area contributed by atoms with Crippen molar-refractivity contribution in [3.05, 3.63) is 34.1 Å². The predicted octanol–water partition coefficient (Wildman–Crippen LogP) is 1.82. The molecule has 0 aromatic heterocycles. The highest BCUT2D eigenvalue weighted by Gasteiger charge is 2.16. The predicted molar refractivity (Wildman–Crippen MR) is 74.9 cm³/mol. The number of nitro groups is 1. The van der Waals surface area contributed by atoms with E-state index in [2.05, 4.69) is 0 Å². The Morgan fingerprint density at radius 1 is 1.43 bits per heavy atom. The fourth-order valence-electron chi connectivity index (χ4n) is 1.63. The van der Waals surface area contributed by atoms with Gasteiger partial charge in [-0.05, 0) is 24.8 Å². The summed E-state index contributed by atoms with van der Waals surface area (Å²) < 4.78 is 39.9. The summed E-state index contributed by atoms with van der Waals surface area (Å²) in [4.78, 5) is 10.1. The van der Waals surface area contributed by atoms with E-state index in [0.717, 1.165) is 18.2 Å². The van der Waals surface area contributed by atoms with Crippen LogP contribution >= 0.6 is 0 Å². The number of hydrogen-bond acceptors (Lipinski definition) is 5. The second kappa shape index (κ2) is 7.32. The third kappa shape index (κ3) is 6.50. The normalized spacial score (nSPS) is 12.9. The molecule has 2 N–H and O–H groups in total. The van der Waals surface area contributed by atoms with Crippen LogP contribution in [0.15, 0.2) is 18.2 Å². The van der Waals surface area contributed by atoms with Crippen LogP contribution in [-0.2, 0) is 10.0 Å². The lowest BCUT2D eigenvalue weighted by Crippen LogP contribution is -2.18. The summed E-state index contributed by atoms with van der Waals surface area (Å²) in [5, 5.41) is 15.7. The number of nitrogens with zero attached hydrogens (tertiary/aromatic N) is 1. The first-order valence-electron chi connectivity index (χ1n) is 6.26. The maximum Gasteiger partial charge on any atom is 0.311 e. The molecule has 1 atom stereocenters. The Hall–Kier alpha value is -1.74. The fraction of sp³-hybridized carbons (Fsp3) is 0.500. The van der Waals surface area contributed by atoms with Crippen molar-refractivity contribution in [1.29, 1.82) is 0 Å². The van der Waals surface area contributed by atoms with Gasteiger partial charge >= 0.3 is 5.69 Å². The number of benzene rings is 1. The zero-order valence-corrected chi connectivity index (χ0v) is 12.3. The average molecular weight is 320 g/mol. The minimum Gasteiger partial charge on any atom is -0.487 e. The van der Waals surface area contributed by atoms with E-state index in [1.165, 1.54) is 0 Å². The highest BCUT2D eigenvalue weighted by atomic mass is 32.2. The Kier molecular flexibility index (Phi) is 6.03. The van der Waals surface area contributed by atoms with Crippen molar-refractivity contribution in [1.82, 2.24) is 0 Å². The summed E-state index contributed by atoms with van der Waals surface area (Å²) in [5.41, 5.74) is -0.311. The van der Waals surface area contributed by atoms with Gasteiger partial charge in [0.1, 0.15) is 5.82 Å². The van der Waals surface area contributed by atoms with E-state index in [0.29, 0.717) is 12.8 Å². The highest BCUT2D eigenvalue weighted by Crippen LogP contribution is 2.27. The van der Waals surface area contributed by atoms with Crippen LogP contribution in [0, 0.1) is 21.8 Å². The summed E-state index contributed by atoms with van der Waals surface area (Å²) in [6.07, 6.45) is 0.844. The van der Waals surface area contributed by atoms with Crippen LogP contribution in [0.4, 0.5) is 10.1 Å². The molecule has 0 saturated heterocycles. The Morgan fingerprint density at radius 3 is 2.67 bits per heavy atom. The van der Waals surface area contributed by atoms with Crippen molar-refractivity contribution in [3.8, 4) is 5.75 Å². The van der Waals surface area contributed by atoms with Crippen molar-refractivity contribution in [2.45, 2.75) is 19.8 Å². The molecular formula is C12H17FN2O5S. The monoisotopic (exact) mass is 320 g/mol. The second-order valence-corrected chi connectivity index (χ2v) is 6.50. The van der Waals surface area contributed by atoms with Crippen LogP contribution < -0.4 is 9.88 Å². The van der Waals surface area contributed by atoms with E-state index in [1.54, 1.807) is 0 Å². The number of halogens is 1. The minimum absolute atomic E-state index is 0.0101. The van der Waals surface area contributed by atoms with Gasteiger partial charge in [0.05, 0.1) is 17.3 Å². The van der Waals surface area contributed by atoms with Crippen LogP contribution in [0.2, 0.25) is 0 Å². The largest absolute Gasteiger partial charge is 0.487 e. The van der Waals surface area contributed by atoms with E-state index < -0.39 is 20.8 Å². The first-order valence-corrected chi connectivity index (χ1v) is 7.98. The molecule has 0 saturated carbocycles. The Morgan fingerprint density at radius 2 is 2.10 bits per heavy atom. The SMILES string of the molecule is CC(CCOc1cc(F)ccc1[N+](=O)[O-])CCS(N)(=O)=O. The van der Waals surface area contributed by atoms with Gasteiger partial charge in [0, 0.05) is 12.1 Å². The van der Waals surface area contributed by atoms with Gasteiger partial charge in [-0.15, -0.1) is 0 Å². The lowest BCUT2D eigenvalue weighted by Gasteiger charge is -2.11. The van der Waals surface area contributed by atoms with E-state index in [4.69, 9.17) is 9.88 Å². The molecule has 1 aromatic rings. The van der Waals surface area contributed by atoms with E-state index in [9.17, 15) is 22.9 Å². The third-order valence-electron chi connectivity index (χ3n) is 2.88. The first kappa shape index (κ1) is 17.3. The lowest BCUT2D eigenvalue weighted by molar-refractivity contribution is -0.385. The average Bonchev–Trinajstić information content (AvgIpc) is 2.35. The minimum atomic E-state index is -3.50. The lowest BCUT2D eigenvalue weighted by atomic mass is 10.1. The Labute approximate surface area is 122 Å². The van der Waals surface area contributed by atoms with E-state index in [-0.39, 0.29) is 29.7 Å². The van der Waals surface area contributed by atoms with Gasteiger partial charge in [0.2, 0.25) is 10.0 Å². The molecule has 0 aliphatic carbocycles. The molecule has 9 heteroatoms. The molecule has 21 heavy (non-hydrogen) atoms. The van der Waals surface area contributed by atoms with Crippen LogP contribution in [0.3, 0.4) is 0 Å². The molecule has 0 amide bonds. The fourth-order valence-corrected chi connectivity index (χ4v) is 2.37. The molecule has 118 valence electrons. The van der Waals surface area contributed by atoms with Crippen molar-refractivity contribution in [2.24, 2.45) is 11.1 Å². The number of hydrogen-bond donors (Lipinski definition) is 1. The molecule has 0 heterocycles. The number of ether oxygens (including phenoxy) is 1. The Bertz CT molecular complexity index is 606. The summed E-state index contributed by atoms with van der Waals surface area (Å²) >= 11 is 0. The summed E-state index contributed by atoms with van der Waals surface area (Å²) in [6, 6.07) is 2.97. The van der Waals surface area contributed by atoms with Crippen molar-refractivity contribution >= 4 is 15.7 Å². The second-order valence-electron chi connectivity index (χ2n) is 4.77. The third-order valence-corrected chi connectivity index (χ3v) is 3.69. The standard InChI is InChI=1S/C12H17FN2O5S/c1-9(5-7-21(14,18)19)4-6-20-12-8-10(13)2-3-11(12)15(16)17/h2-3,8-9H,4-7H2,1H3,(H2,14,18,19). The molecule has 0 aliphatic rings. The van der Waals surface area contributed by atoms with Gasteiger partial charge in [0.15, 0.2) is 5.75 Å². The molecule has 0 aliphatic heterocycles. The molecule has 0 bridgehead atoms. The van der Waals surface area contributed by atoms with Crippen LogP contribution in [0.1, 0.15) is 19.8 Å². The van der Waals surface area contributed by atoms with Crippen molar-refractivity contribution < 1.29 is 22.5 Å². The smallest absolute Gasteiger partial charge is 0.311 e. The molecule has 0 radical (unpaired) electrons. The maximum atomic E-state index is 13.1. The van der Waals surface area contributed by atoms with Gasteiger partial charge in [0.25, 0.3) is 0 Å². The number of nitro benzene ring substituents is 1. The number of primary sulfonamides is 1. The van der Waals surface area contributed by atoms with Crippen LogP contribution in [-0.4, -0.2) is 25.7 Å². The van der Waals surface area contributed by atoms with Gasteiger partial charge in [-0.2, -0.15) is 0 Å². The quantitative estimate of drug-likeness (QED) is 0.580. The first-order chi connectivity index (χ1) is 9.69. The van der Waals surface area contributed by atoms with E-state index >= 15 is 0 Å². The zero-order chi connectivity index (χ0) is 16.0. The van der Waals surface area contributed by atoms with Crippen molar-refractivity contribution in [3.63, 3.8) is 0 Å². The molecule has 7 nitrogen and oxygen atoms in total. The zero-order valence-electron chi connectivity index (χ0n) is 11.5. The summed E-state index contributed by atoms with van der Waals surface area (Å²) in [7, 11) is -3.50. The number of sulfonamides is 1. The molecule has 1 rings (SSSR count). The van der Waals surface area contributed by atoms with Gasteiger partial charge in [-0.1, -0.05) is 6.92 Å². The van der Waals surface area contributed by atoms with Gasteiger partial charge < -0.3 is 4.74 Å². The molecule has 0 spiro atoms. The highest BCUT2D eigenvalue weighted by molar-refractivity contribution is 7.89. The van der Waals surface area contributed by atoms with Gasteiger partial charge in [-0.3, -0.25) is 10.1 Å². The molecule has 1 unspecified atom stereocenters. The van der Waals surface area contributed by atoms with Crippen molar-refractivity contribution in [2.75, 3.05) is 12.4 Å².